The Morgan fingerprint density at radius 3 is 2.62 bits per heavy atom. The van der Waals surface area contributed by atoms with Gasteiger partial charge in [0.05, 0.1) is 7.11 Å². The molecule has 72 valence electrons. The summed E-state index contributed by atoms with van der Waals surface area (Å²) in [5.74, 6) is -1.23. The fraction of sp³-hybridized carbons (Fsp3) is 0.625. The lowest BCUT2D eigenvalue weighted by Gasteiger charge is -2.18. The molecule has 0 bridgehead atoms. The van der Waals surface area contributed by atoms with Crippen molar-refractivity contribution in [3.8, 4) is 0 Å². The molecule has 0 aromatic carbocycles. The lowest BCUT2D eigenvalue weighted by Crippen LogP contribution is -2.42. The highest BCUT2D eigenvalue weighted by atomic mass is 16.5. The zero-order valence-corrected chi connectivity index (χ0v) is 7.57. The topological polar surface area (TPSA) is 63.7 Å². The van der Waals surface area contributed by atoms with Gasteiger partial charge in [-0.05, 0) is 6.42 Å². The fourth-order valence-electron chi connectivity index (χ4n) is 1.44. The van der Waals surface area contributed by atoms with Crippen LogP contribution in [0.1, 0.15) is 19.8 Å². The zero-order chi connectivity index (χ0) is 10.0. The van der Waals surface area contributed by atoms with E-state index in [0.29, 0.717) is 6.42 Å². The average molecular weight is 185 g/mol. The molecule has 1 fully saturated rings. The van der Waals surface area contributed by atoms with Crippen molar-refractivity contribution in [2.24, 2.45) is 0 Å². The van der Waals surface area contributed by atoms with Crippen LogP contribution in [0.2, 0.25) is 0 Å². The molecular formula is C8H11NO4. The molecule has 1 aliphatic rings. The van der Waals surface area contributed by atoms with Crippen molar-refractivity contribution in [2.75, 3.05) is 7.11 Å². The third-order valence-corrected chi connectivity index (χ3v) is 2.02. The molecule has 0 aliphatic carbocycles. The molecular weight excluding hydrogens is 174 g/mol. The molecule has 13 heavy (non-hydrogen) atoms. The first-order chi connectivity index (χ1) is 6.07. The molecule has 0 N–H and O–H groups in total. The Kier molecular flexibility index (Phi) is 2.65. The molecule has 1 saturated heterocycles. The Morgan fingerprint density at radius 2 is 2.15 bits per heavy atom. The molecule has 0 radical (unpaired) electrons. The van der Waals surface area contributed by atoms with Gasteiger partial charge in [-0.1, -0.05) is 0 Å². The summed E-state index contributed by atoms with van der Waals surface area (Å²) in [6, 6.07) is -0.713. The first-order valence-corrected chi connectivity index (χ1v) is 3.98. The van der Waals surface area contributed by atoms with Crippen LogP contribution in [0.3, 0.4) is 0 Å². The number of methoxy groups -OCH3 is 1. The normalized spacial score (nSPS) is 21.8. The number of ether oxygens (including phenoxy) is 1. The number of carbonyl (C=O) groups excluding carboxylic acids is 3. The summed E-state index contributed by atoms with van der Waals surface area (Å²) in [6.07, 6.45) is 0.602. The monoisotopic (exact) mass is 185 g/mol. The zero-order valence-electron chi connectivity index (χ0n) is 7.57. The van der Waals surface area contributed by atoms with Gasteiger partial charge in [-0.2, -0.15) is 0 Å². The van der Waals surface area contributed by atoms with E-state index in [9.17, 15) is 14.4 Å². The van der Waals surface area contributed by atoms with Gasteiger partial charge >= 0.3 is 5.97 Å². The third-order valence-electron chi connectivity index (χ3n) is 2.02. The van der Waals surface area contributed by atoms with Gasteiger partial charge in [-0.3, -0.25) is 14.5 Å². The van der Waals surface area contributed by atoms with Crippen LogP contribution in [-0.2, 0) is 19.1 Å². The highest BCUT2D eigenvalue weighted by molar-refractivity contribution is 6.00. The van der Waals surface area contributed by atoms with E-state index in [1.54, 1.807) is 0 Å². The van der Waals surface area contributed by atoms with Crippen LogP contribution in [-0.4, -0.2) is 35.8 Å². The number of imide groups is 1. The van der Waals surface area contributed by atoms with Crippen LogP contribution >= 0.6 is 0 Å². The largest absolute Gasteiger partial charge is 0.467 e. The molecule has 0 aromatic rings. The Bertz CT molecular complexity index is 261. The Hall–Kier alpha value is -1.39. The standard InChI is InChI=1S/C8H11NO4/c1-5(10)9-6(8(12)13-2)3-4-7(9)11/h6H,3-4H2,1-2H3. The summed E-state index contributed by atoms with van der Waals surface area (Å²) in [6.45, 7) is 1.26. The smallest absolute Gasteiger partial charge is 0.329 e. The number of hydrogen-bond donors (Lipinski definition) is 0. The molecule has 0 saturated carbocycles. The lowest BCUT2D eigenvalue weighted by molar-refractivity contribution is -0.155. The van der Waals surface area contributed by atoms with E-state index >= 15 is 0 Å². The first-order valence-electron chi connectivity index (χ1n) is 3.98. The molecule has 1 heterocycles. The van der Waals surface area contributed by atoms with Crippen molar-refractivity contribution in [2.45, 2.75) is 25.8 Å². The SMILES string of the molecule is COC(=O)C1CCC(=O)N1C(C)=O. The van der Waals surface area contributed by atoms with E-state index in [-0.39, 0.29) is 12.3 Å². The van der Waals surface area contributed by atoms with Crippen LogP contribution in [0.25, 0.3) is 0 Å². The highest BCUT2D eigenvalue weighted by Gasteiger charge is 2.39. The first kappa shape index (κ1) is 9.70. The van der Waals surface area contributed by atoms with Crippen LogP contribution in [0.4, 0.5) is 0 Å². The van der Waals surface area contributed by atoms with Crippen LogP contribution in [0.15, 0.2) is 0 Å². The van der Waals surface area contributed by atoms with Crippen molar-refractivity contribution in [3.63, 3.8) is 0 Å². The molecule has 5 heteroatoms. The van der Waals surface area contributed by atoms with Crippen molar-refractivity contribution in [3.05, 3.63) is 0 Å². The van der Waals surface area contributed by atoms with Gasteiger partial charge in [-0.15, -0.1) is 0 Å². The third kappa shape index (κ3) is 1.68. The minimum Gasteiger partial charge on any atom is -0.467 e. The highest BCUT2D eigenvalue weighted by Crippen LogP contribution is 2.19. The summed E-state index contributed by atoms with van der Waals surface area (Å²) in [4.78, 5) is 34.2. The minimum absolute atomic E-state index is 0.235. The van der Waals surface area contributed by atoms with Gasteiger partial charge in [0.15, 0.2) is 0 Å². The Morgan fingerprint density at radius 1 is 1.54 bits per heavy atom. The Labute approximate surface area is 75.6 Å². The predicted molar refractivity (Wildman–Crippen MR) is 42.6 cm³/mol. The van der Waals surface area contributed by atoms with E-state index in [1.807, 2.05) is 0 Å². The molecule has 1 aliphatic heterocycles. The molecule has 1 unspecified atom stereocenters. The molecule has 2 amide bonds. The van der Waals surface area contributed by atoms with Gasteiger partial charge in [0.25, 0.3) is 0 Å². The van der Waals surface area contributed by atoms with Crippen LogP contribution in [0, 0.1) is 0 Å². The van der Waals surface area contributed by atoms with Gasteiger partial charge in [-0.25, -0.2) is 4.79 Å². The van der Waals surface area contributed by atoms with Gasteiger partial charge < -0.3 is 4.74 Å². The van der Waals surface area contributed by atoms with Crippen molar-refractivity contribution in [1.29, 1.82) is 0 Å². The fourth-order valence-corrected chi connectivity index (χ4v) is 1.44. The number of hydrogen-bond acceptors (Lipinski definition) is 4. The molecule has 0 aromatic heterocycles. The van der Waals surface area contributed by atoms with Gasteiger partial charge in [0.1, 0.15) is 6.04 Å². The van der Waals surface area contributed by atoms with Crippen LogP contribution < -0.4 is 0 Å². The van der Waals surface area contributed by atoms with Gasteiger partial charge in [0.2, 0.25) is 11.8 Å². The van der Waals surface area contributed by atoms with Gasteiger partial charge in [0, 0.05) is 13.3 Å². The molecule has 1 rings (SSSR count). The van der Waals surface area contributed by atoms with E-state index < -0.39 is 17.9 Å². The second kappa shape index (κ2) is 3.55. The van der Waals surface area contributed by atoms with E-state index in [0.717, 1.165) is 4.90 Å². The van der Waals surface area contributed by atoms with E-state index in [4.69, 9.17) is 0 Å². The number of amides is 2. The average Bonchev–Trinajstić information content (AvgIpc) is 2.45. The summed E-state index contributed by atoms with van der Waals surface area (Å²) < 4.78 is 4.48. The number of esters is 1. The maximum Gasteiger partial charge on any atom is 0.329 e. The van der Waals surface area contributed by atoms with Crippen molar-refractivity contribution in [1.82, 2.24) is 4.90 Å². The second-order valence-electron chi connectivity index (χ2n) is 2.86. The summed E-state index contributed by atoms with van der Waals surface area (Å²) in [5, 5.41) is 0. The quantitative estimate of drug-likeness (QED) is 0.526. The second-order valence-corrected chi connectivity index (χ2v) is 2.86. The molecule has 0 spiro atoms. The number of carbonyl (C=O) groups is 3. The van der Waals surface area contributed by atoms with E-state index in [2.05, 4.69) is 4.74 Å². The minimum atomic E-state index is -0.713. The maximum atomic E-state index is 11.1. The lowest BCUT2D eigenvalue weighted by atomic mass is 10.2. The van der Waals surface area contributed by atoms with Crippen molar-refractivity contribution < 1.29 is 19.1 Å². The molecule has 1 atom stereocenters. The summed E-state index contributed by atoms with van der Waals surface area (Å²) >= 11 is 0. The van der Waals surface area contributed by atoms with Crippen molar-refractivity contribution >= 4 is 17.8 Å². The molecule has 5 nitrogen and oxygen atoms in total. The number of rotatable bonds is 1. The number of likely N-dealkylation sites (tertiary alicyclic amines) is 1. The summed E-state index contributed by atoms with van der Waals surface area (Å²) in [7, 11) is 1.24. The van der Waals surface area contributed by atoms with E-state index in [1.165, 1.54) is 14.0 Å². The Balaban J connectivity index is 2.81. The van der Waals surface area contributed by atoms with Crippen LogP contribution in [0.5, 0.6) is 0 Å². The maximum absolute atomic E-state index is 11.1. The predicted octanol–water partition coefficient (Wildman–Crippen LogP) is -0.303. The number of nitrogens with zero attached hydrogens (tertiary/aromatic N) is 1. The summed E-state index contributed by atoms with van der Waals surface area (Å²) in [5.41, 5.74) is 0.